The fraction of sp³-hybridized carbons (Fsp3) is 0.926. The highest BCUT2D eigenvalue weighted by atomic mass is 16.7. The summed E-state index contributed by atoms with van der Waals surface area (Å²) in [5.74, 6) is 3.18. The standard InChI is InChI=1S/C27H42O4/c1-16-24-23(31-27(16)11-6-17(14-28)15-30-27)13-22-20-5-4-18-12-19(29)7-9-25(18,2)21(20)8-10-26(22,24)3/h4,16-17,19-24,28-29H,5-15H2,1-3H3/t16?,17-,19-,20?,21?,22?,23?,24?,25-,26-,27?/m0/s1. The minimum atomic E-state index is -0.406. The van der Waals surface area contributed by atoms with Gasteiger partial charge in [-0.3, -0.25) is 0 Å². The first-order valence-electron chi connectivity index (χ1n) is 13.1. The molecule has 2 aliphatic heterocycles. The van der Waals surface area contributed by atoms with Crippen LogP contribution in [-0.2, 0) is 9.47 Å². The average Bonchev–Trinajstić information content (AvgIpc) is 3.20. The van der Waals surface area contributed by atoms with Crippen molar-refractivity contribution in [2.24, 2.45) is 46.3 Å². The number of hydrogen-bond donors (Lipinski definition) is 2. The van der Waals surface area contributed by atoms with Crippen LogP contribution in [0.4, 0.5) is 0 Å². The summed E-state index contributed by atoms with van der Waals surface area (Å²) in [7, 11) is 0. The van der Waals surface area contributed by atoms with E-state index in [1.54, 1.807) is 5.57 Å². The van der Waals surface area contributed by atoms with Crippen LogP contribution >= 0.6 is 0 Å². The summed E-state index contributed by atoms with van der Waals surface area (Å²) in [4.78, 5) is 0. The van der Waals surface area contributed by atoms with Gasteiger partial charge in [0.1, 0.15) is 0 Å². The molecule has 174 valence electrons. The quantitative estimate of drug-likeness (QED) is 0.593. The molecular formula is C27H42O4. The lowest BCUT2D eigenvalue weighted by atomic mass is 9.47. The van der Waals surface area contributed by atoms with Crippen molar-refractivity contribution in [3.8, 4) is 0 Å². The molecule has 0 bridgehead atoms. The fourth-order valence-corrected chi connectivity index (χ4v) is 9.74. The molecule has 5 fully saturated rings. The summed E-state index contributed by atoms with van der Waals surface area (Å²) in [6.45, 7) is 8.37. The second-order valence-electron chi connectivity index (χ2n) is 12.6. The van der Waals surface area contributed by atoms with Crippen LogP contribution in [0, 0.1) is 46.3 Å². The Morgan fingerprint density at radius 2 is 1.94 bits per heavy atom. The van der Waals surface area contributed by atoms with Gasteiger partial charge >= 0.3 is 0 Å². The van der Waals surface area contributed by atoms with E-state index in [0.29, 0.717) is 35.4 Å². The molecule has 4 heteroatoms. The number of aliphatic hydroxyl groups is 2. The van der Waals surface area contributed by atoms with Gasteiger partial charge in [-0.15, -0.1) is 0 Å². The third-order valence-corrected chi connectivity index (χ3v) is 11.5. The largest absolute Gasteiger partial charge is 0.396 e. The minimum absolute atomic E-state index is 0.123. The summed E-state index contributed by atoms with van der Waals surface area (Å²) < 4.78 is 13.2. The molecule has 6 rings (SSSR count). The summed E-state index contributed by atoms with van der Waals surface area (Å²) in [5.41, 5.74) is 2.22. The van der Waals surface area contributed by atoms with Gasteiger partial charge in [0.2, 0.25) is 0 Å². The Morgan fingerprint density at radius 1 is 1.10 bits per heavy atom. The molecule has 31 heavy (non-hydrogen) atoms. The van der Waals surface area contributed by atoms with Gasteiger partial charge in [-0.2, -0.15) is 0 Å². The first-order valence-corrected chi connectivity index (χ1v) is 13.1. The van der Waals surface area contributed by atoms with Crippen LogP contribution in [0.15, 0.2) is 11.6 Å². The Bertz CT molecular complexity index is 754. The monoisotopic (exact) mass is 430 g/mol. The van der Waals surface area contributed by atoms with Crippen molar-refractivity contribution in [1.82, 2.24) is 0 Å². The fourth-order valence-electron chi connectivity index (χ4n) is 9.74. The maximum absolute atomic E-state index is 10.3. The van der Waals surface area contributed by atoms with Crippen LogP contribution in [0.2, 0.25) is 0 Å². The molecule has 2 heterocycles. The van der Waals surface area contributed by atoms with Gasteiger partial charge in [0.25, 0.3) is 0 Å². The molecular weight excluding hydrogens is 388 g/mol. The molecule has 0 amide bonds. The molecule has 0 radical (unpaired) electrons. The van der Waals surface area contributed by atoms with Gasteiger partial charge in [-0.25, -0.2) is 0 Å². The lowest BCUT2D eigenvalue weighted by molar-refractivity contribution is -0.275. The highest BCUT2D eigenvalue weighted by molar-refractivity contribution is 5.26. The lowest BCUT2D eigenvalue weighted by Crippen LogP contribution is -2.52. The smallest absolute Gasteiger partial charge is 0.171 e. The number of fused-ring (bicyclic) bond motifs is 7. The number of hydrogen-bond acceptors (Lipinski definition) is 4. The Morgan fingerprint density at radius 3 is 2.68 bits per heavy atom. The Labute approximate surface area is 187 Å². The predicted molar refractivity (Wildman–Crippen MR) is 119 cm³/mol. The molecule has 4 nitrogen and oxygen atoms in total. The zero-order chi connectivity index (χ0) is 21.6. The first-order chi connectivity index (χ1) is 14.8. The van der Waals surface area contributed by atoms with Crippen LogP contribution in [0.5, 0.6) is 0 Å². The van der Waals surface area contributed by atoms with E-state index in [2.05, 4.69) is 26.8 Å². The molecule has 6 aliphatic rings. The van der Waals surface area contributed by atoms with Gasteiger partial charge in [-0.05, 0) is 85.9 Å². The van der Waals surface area contributed by atoms with E-state index in [9.17, 15) is 10.2 Å². The molecule has 2 saturated heterocycles. The number of rotatable bonds is 1. The zero-order valence-electron chi connectivity index (χ0n) is 19.7. The highest BCUT2D eigenvalue weighted by Crippen LogP contribution is 2.70. The van der Waals surface area contributed by atoms with E-state index in [1.807, 2.05) is 0 Å². The van der Waals surface area contributed by atoms with Crippen molar-refractivity contribution in [1.29, 1.82) is 0 Å². The number of aliphatic hydroxyl groups excluding tert-OH is 2. The van der Waals surface area contributed by atoms with Gasteiger partial charge in [-0.1, -0.05) is 32.4 Å². The summed E-state index contributed by atoms with van der Waals surface area (Å²) in [6, 6.07) is 0. The summed E-state index contributed by atoms with van der Waals surface area (Å²) in [6.07, 6.45) is 12.8. The Balaban J connectivity index is 1.26. The van der Waals surface area contributed by atoms with Gasteiger partial charge in [0.15, 0.2) is 5.79 Å². The minimum Gasteiger partial charge on any atom is -0.396 e. The van der Waals surface area contributed by atoms with Crippen molar-refractivity contribution in [2.45, 2.75) is 96.6 Å². The van der Waals surface area contributed by atoms with E-state index in [1.165, 1.54) is 25.7 Å². The Hall–Kier alpha value is -0.420. The molecule has 0 aromatic heterocycles. The van der Waals surface area contributed by atoms with E-state index < -0.39 is 5.79 Å². The van der Waals surface area contributed by atoms with Crippen LogP contribution < -0.4 is 0 Å². The molecule has 0 aromatic carbocycles. The first kappa shape index (κ1) is 21.1. The third kappa shape index (κ3) is 2.80. The van der Waals surface area contributed by atoms with Crippen molar-refractivity contribution < 1.29 is 19.7 Å². The third-order valence-electron chi connectivity index (χ3n) is 11.5. The van der Waals surface area contributed by atoms with E-state index in [4.69, 9.17) is 9.47 Å². The molecule has 7 unspecified atom stereocenters. The zero-order valence-corrected chi connectivity index (χ0v) is 19.7. The Kier molecular flexibility index (Phi) is 4.80. The summed E-state index contributed by atoms with van der Waals surface area (Å²) >= 11 is 0. The van der Waals surface area contributed by atoms with Crippen LogP contribution in [-0.4, -0.2) is 41.4 Å². The van der Waals surface area contributed by atoms with Gasteiger partial charge in [0.05, 0.1) is 18.8 Å². The van der Waals surface area contributed by atoms with Crippen molar-refractivity contribution in [2.75, 3.05) is 13.2 Å². The predicted octanol–water partition coefficient (Wildman–Crippen LogP) is 4.69. The number of ether oxygens (including phenoxy) is 2. The molecule has 3 saturated carbocycles. The van der Waals surface area contributed by atoms with Gasteiger partial charge < -0.3 is 19.7 Å². The lowest BCUT2D eigenvalue weighted by Gasteiger charge is -2.58. The van der Waals surface area contributed by atoms with Crippen molar-refractivity contribution in [3.05, 3.63) is 11.6 Å². The van der Waals surface area contributed by atoms with E-state index in [0.717, 1.165) is 49.9 Å². The van der Waals surface area contributed by atoms with Gasteiger partial charge in [0, 0.05) is 24.9 Å². The van der Waals surface area contributed by atoms with E-state index >= 15 is 0 Å². The average molecular weight is 431 g/mol. The van der Waals surface area contributed by atoms with E-state index in [-0.39, 0.29) is 18.6 Å². The van der Waals surface area contributed by atoms with Crippen LogP contribution in [0.25, 0.3) is 0 Å². The molecule has 4 aliphatic carbocycles. The molecule has 0 aromatic rings. The maximum Gasteiger partial charge on any atom is 0.171 e. The van der Waals surface area contributed by atoms with Crippen molar-refractivity contribution in [3.63, 3.8) is 0 Å². The van der Waals surface area contributed by atoms with Crippen LogP contribution in [0.1, 0.15) is 78.6 Å². The van der Waals surface area contributed by atoms with Crippen molar-refractivity contribution >= 4 is 0 Å². The topological polar surface area (TPSA) is 58.9 Å². The highest BCUT2D eigenvalue weighted by Gasteiger charge is 2.68. The SMILES string of the molecule is CC1C2C(CC3C4CC=C5C[C@@H](O)CC[C@]5(C)C4CC[C@@]32C)OC12CC[C@@H](CO)CO2. The summed E-state index contributed by atoms with van der Waals surface area (Å²) in [5, 5.41) is 19.8. The second-order valence-corrected chi connectivity index (χ2v) is 12.6. The normalized spacial score (nSPS) is 58.3. The maximum atomic E-state index is 10.3. The molecule has 2 N–H and O–H groups in total. The molecule has 1 spiro atoms. The number of allylic oxidation sites excluding steroid dienone is 1. The van der Waals surface area contributed by atoms with Crippen LogP contribution in [0.3, 0.4) is 0 Å². The molecule has 11 atom stereocenters. The second kappa shape index (κ2) is 7.04.